The highest BCUT2D eigenvalue weighted by atomic mass is 19.1. The van der Waals surface area contributed by atoms with Gasteiger partial charge in [-0.2, -0.15) is 0 Å². The molecule has 6 nitrogen and oxygen atoms in total. The minimum absolute atomic E-state index is 0.0823. The third-order valence-electron chi connectivity index (χ3n) is 4.31. The van der Waals surface area contributed by atoms with Gasteiger partial charge in [0.1, 0.15) is 0 Å². The van der Waals surface area contributed by atoms with Crippen molar-refractivity contribution < 1.29 is 19.2 Å². The molecule has 7 heteroatoms. The number of halogens is 1. The fraction of sp³-hybridized carbons (Fsp3) is 0.500. The van der Waals surface area contributed by atoms with Gasteiger partial charge in [0, 0.05) is 19.2 Å². The Morgan fingerprint density at radius 2 is 2.19 bits per heavy atom. The zero-order valence-electron chi connectivity index (χ0n) is 11.9. The molecule has 1 fully saturated rings. The molecule has 1 unspecified atom stereocenters. The van der Waals surface area contributed by atoms with Crippen LogP contribution >= 0.6 is 0 Å². The number of non-ortho nitro benzene ring substituents is 1. The molecular weight excluding hydrogens is 279 g/mol. The van der Waals surface area contributed by atoms with Crippen LogP contribution in [0.5, 0.6) is 0 Å². The lowest BCUT2D eigenvalue weighted by molar-refractivity contribution is -0.385. The minimum atomic E-state index is -0.909. The fourth-order valence-electron chi connectivity index (χ4n) is 2.80. The Hall–Kier alpha value is -2.18. The summed E-state index contributed by atoms with van der Waals surface area (Å²) in [5, 5.41) is 20.1. The second-order valence-electron chi connectivity index (χ2n) is 5.68. The molecule has 1 aromatic rings. The highest BCUT2D eigenvalue weighted by molar-refractivity contribution is 5.77. The van der Waals surface area contributed by atoms with Crippen molar-refractivity contribution in [3.63, 3.8) is 0 Å². The topological polar surface area (TPSA) is 83.7 Å². The van der Waals surface area contributed by atoms with Crippen LogP contribution in [0.25, 0.3) is 0 Å². The molecule has 114 valence electrons. The SMILES string of the molecule is CC(C)C1(C(=O)O)CCN(c2ccc([N+](=O)[O-])cc2F)C1. The van der Waals surface area contributed by atoms with Crippen LogP contribution in [-0.4, -0.2) is 29.1 Å². The van der Waals surface area contributed by atoms with Gasteiger partial charge in [-0.1, -0.05) is 13.8 Å². The van der Waals surface area contributed by atoms with Crippen molar-refractivity contribution >= 4 is 17.3 Å². The summed E-state index contributed by atoms with van der Waals surface area (Å²) >= 11 is 0. The zero-order valence-corrected chi connectivity index (χ0v) is 11.9. The first-order valence-corrected chi connectivity index (χ1v) is 6.70. The monoisotopic (exact) mass is 296 g/mol. The maximum absolute atomic E-state index is 14.0. The molecule has 0 amide bonds. The predicted molar refractivity (Wildman–Crippen MR) is 74.8 cm³/mol. The van der Waals surface area contributed by atoms with Crippen LogP contribution in [0.15, 0.2) is 18.2 Å². The number of hydrogen-bond donors (Lipinski definition) is 1. The molecule has 1 aliphatic rings. The second-order valence-corrected chi connectivity index (χ2v) is 5.68. The van der Waals surface area contributed by atoms with Crippen molar-refractivity contribution in [3.05, 3.63) is 34.1 Å². The average Bonchev–Trinajstić information content (AvgIpc) is 2.84. The third-order valence-corrected chi connectivity index (χ3v) is 4.31. The molecule has 2 rings (SSSR count). The van der Waals surface area contributed by atoms with Crippen LogP contribution in [0.3, 0.4) is 0 Å². The van der Waals surface area contributed by atoms with Crippen LogP contribution in [0.1, 0.15) is 20.3 Å². The smallest absolute Gasteiger partial charge is 0.311 e. The van der Waals surface area contributed by atoms with Crippen molar-refractivity contribution in [1.82, 2.24) is 0 Å². The van der Waals surface area contributed by atoms with E-state index < -0.39 is 22.1 Å². The Morgan fingerprint density at radius 1 is 1.52 bits per heavy atom. The molecule has 0 radical (unpaired) electrons. The van der Waals surface area contributed by atoms with Gasteiger partial charge in [-0.15, -0.1) is 0 Å². The highest BCUT2D eigenvalue weighted by Gasteiger charge is 2.47. The number of nitrogens with zero attached hydrogens (tertiary/aromatic N) is 2. The second kappa shape index (κ2) is 5.31. The van der Waals surface area contributed by atoms with Crippen LogP contribution in [0, 0.1) is 27.3 Å². The molecule has 1 aliphatic heterocycles. The molecule has 0 saturated carbocycles. The molecule has 1 heterocycles. The van der Waals surface area contributed by atoms with Gasteiger partial charge in [0.25, 0.3) is 5.69 Å². The van der Waals surface area contributed by atoms with E-state index in [0.29, 0.717) is 13.0 Å². The zero-order chi connectivity index (χ0) is 15.8. The van der Waals surface area contributed by atoms with Crippen molar-refractivity contribution in [2.45, 2.75) is 20.3 Å². The lowest BCUT2D eigenvalue weighted by atomic mass is 9.76. The molecular formula is C14H17FN2O4. The van der Waals surface area contributed by atoms with Gasteiger partial charge in [0.15, 0.2) is 5.82 Å². The number of carboxylic acids is 1. The predicted octanol–water partition coefficient (Wildman–Crippen LogP) is 2.67. The Kier molecular flexibility index (Phi) is 3.85. The molecule has 0 aromatic heterocycles. The van der Waals surface area contributed by atoms with Crippen molar-refractivity contribution in [3.8, 4) is 0 Å². The van der Waals surface area contributed by atoms with Gasteiger partial charge >= 0.3 is 5.97 Å². The van der Waals surface area contributed by atoms with E-state index in [-0.39, 0.29) is 23.8 Å². The molecule has 21 heavy (non-hydrogen) atoms. The van der Waals surface area contributed by atoms with Gasteiger partial charge in [-0.3, -0.25) is 14.9 Å². The maximum atomic E-state index is 14.0. The maximum Gasteiger partial charge on any atom is 0.311 e. The minimum Gasteiger partial charge on any atom is -0.481 e. The largest absolute Gasteiger partial charge is 0.481 e. The van der Waals surface area contributed by atoms with E-state index >= 15 is 0 Å². The summed E-state index contributed by atoms with van der Waals surface area (Å²) in [6, 6.07) is 3.44. The molecule has 0 bridgehead atoms. The van der Waals surface area contributed by atoms with Gasteiger partial charge in [-0.25, -0.2) is 4.39 Å². The van der Waals surface area contributed by atoms with Crippen molar-refractivity contribution in [1.29, 1.82) is 0 Å². The summed E-state index contributed by atoms with van der Waals surface area (Å²) in [7, 11) is 0. The lowest BCUT2D eigenvalue weighted by Crippen LogP contribution is -2.39. The Balaban J connectivity index is 2.29. The van der Waals surface area contributed by atoms with E-state index in [1.807, 2.05) is 13.8 Å². The molecule has 1 saturated heterocycles. The van der Waals surface area contributed by atoms with Gasteiger partial charge in [0.05, 0.1) is 22.1 Å². The van der Waals surface area contributed by atoms with Crippen LogP contribution in [0.4, 0.5) is 15.8 Å². The van der Waals surface area contributed by atoms with Gasteiger partial charge < -0.3 is 10.0 Å². The van der Waals surface area contributed by atoms with Crippen LogP contribution < -0.4 is 4.90 Å². The highest BCUT2D eigenvalue weighted by Crippen LogP contribution is 2.40. The van der Waals surface area contributed by atoms with E-state index in [2.05, 4.69) is 0 Å². The number of carboxylic acid groups (broad SMARTS) is 1. The average molecular weight is 296 g/mol. The fourth-order valence-corrected chi connectivity index (χ4v) is 2.80. The Bertz CT molecular complexity index is 590. The van der Waals surface area contributed by atoms with E-state index in [0.717, 1.165) is 6.07 Å². The number of benzene rings is 1. The number of hydrogen-bond acceptors (Lipinski definition) is 4. The summed E-state index contributed by atoms with van der Waals surface area (Å²) in [5.41, 5.74) is -1.01. The summed E-state index contributed by atoms with van der Waals surface area (Å²) in [6.07, 6.45) is 0.427. The quantitative estimate of drug-likeness (QED) is 0.682. The third kappa shape index (κ3) is 2.55. The van der Waals surface area contributed by atoms with E-state index in [1.165, 1.54) is 12.1 Å². The number of nitro benzene ring substituents is 1. The summed E-state index contributed by atoms with van der Waals surface area (Å²) < 4.78 is 14.0. The van der Waals surface area contributed by atoms with Gasteiger partial charge in [-0.05, 0) is 18.4 Å². The summed E-state index contributed by atoms with van der Waals surface area (Å²) in [5.74, 6) is -1.67. The normalized spacial score (nSPS) is 21.8. The number of carbonyl (C=O) groups is 1. The Labute approximate surface area is 121 Å². The van der Waals surface area contributed by atoms with Crippen molar-refractivity contribution in [2.24, 2.45) is 11.3 Å². The summed E-state index contributed by atoms with van der Waals surface area (Å²) in [6.45, 7) is 4.29. The van der Waals surface area contributed by atoms with E-state index in [1.54, 1.807) is 4.90 Å². The Morgan fingerprint density at radius 3 is 2.62 bits per heavy atom. The first kappa shape index (κ1) is 15.2. The molecule has 1 atom stereocenters. The van der Waals surface area contributed by atoms with Crippen molar-refractivity contribution in [2.75, 3.05) is 18.0 Å². The summed E-state index contributed by atoms with van der Waals surface area (Å²) in [4.78, 5) is 23.2. The van der Waals surface area contributed by atoms with E-state index in [4.69, 9.17) is 0 Å². The van der Waals surface area contributed by atoms with E-state index in [9.17, 15) is 24.4 Å². The molecule has 0 spiro atoms. The van der Waals surface area contributed by atoms with Crippen LogP contribution in [0.2, 0.25) is 0 Å². The standard InChI is InChI=1S/C14H17FN2O4/c1-9(2)14(13(18)19)5-6-16(8-14)12-4-3-10(17(20)21)7-11(12)15/h3-4,7,9H,5-6,8H2,1-2H3,(H,18,19). The number of nitro groups is 1. The number of rotatable bonds is 4. The lowest BCUT2D eigenvalue weighted by Gasteiger charge is -2.29. The number of aliphatic carboxylic acids is 1. The molecule has 0 aliphatic carbocycles. The first-order chi connectivity index (χ1) is 9.78. The molecule has 1 aromatic carbocycles. The number of anilines is 1. The first-order valence-electron chi connectivity index (χ1n) is 6.70. The molecule has 1 N–H and O–H groups in total. The van der Waals surface area contributed by atoms with Crippen LogP contribution in [-0.2, 0) is 4.79 Å². The van der Waals surface area contributed by atoms with Gasteiger partial charge in [0.2, 0.25) is 0 Å².